The highest BCUT2D eigenvalue weighted by atomic mass is 35.5. The molecule has 0 saturated heterocycles. The maximum absolute atomic E-state index is 6.32. The van der Waals surface area contributed by atoms with Crippen LogP contribution < -0.4 is 15.2 Å². The van der Waals surface area contributed by atoms with Crippen LogP contribution in [-0.4, -0.2) is 18.2 Å². The van der Waals surface area contributed by atoms with Crippen molar-refractivity contribution >= 4 is 27.9 Å². The number of rotatable bonds is 2. The molecule has 3 rings (SSSR count). The molecule has 2 N–H and O–H groups in total. The molecule has 0 radical (unpaired) electrons. The molecule has 21 heavy (non-hydrogen) atoms. The average Bonchev–Trinajstić information content (AvgIpc) is 2.68. The van der Waals surface area contributed by atoms with E-state index in [1.807, 2.05) is 12.1 Å². The Morgan fingerprint density at radius 2 is 2.05 bits per heavy atom. The summed E-state index contributed by atoms with van der Waals surface area (Å²) in [4.78, 5) is 4.63. The van der Waals surface area contributed by atoms with Crippen molar-refractivity contribution < 1.29 is 9.47 Å². The zero-order valence-electron chi connectivity index (χ0n) is 12.0. The number of halogens is 1. The number of aromatic nitrogens is 1. The van der Waals surface area contributed by atoms with Gasteiger partial charge in [-0.3, -0.25) is 0 Å². The number of anilines is 1. The molecule has 4 nitrogen and oxygen atoms in total. The van der Waals surface area contributed by atoms with Crippen LogP contribution in [0.25, 0.3) is 11.3 Å². The summed E-state index contributed by atoms with van der Waals surface area (Å²) in [6.45, 7) is 5.44. The van der Waals surface area contributed by atoms with Crippen molar-refractivity contribution in [1.82, 2.24) is 4.98 Å². The van der Waals surface area contributed by atoms with Gasteiger partial charge in [-0.2, -0.15) is 0 Å². The Bertz CT molecular complexity index is 670. The highest BCUT2D eigenvalue weighted by Gasteiger charge is 2.19. The number of nitrogen functional groups attached to an aromatic ring is 1. The van der Waals surface area contributed by atoms with Gasteiger partial charge in [0.05, 0.1) is 23.2 Å². The van der Waals surface area contributed by atoms with E-state index in [0.717, 1.165) is 22.7 Å². The first-order valence-electron chi connectivity index (χ1n) is 6.92. The molecule has 6 heteroatoms. The van der Waals surface area contributed by atoms with Crippen LogP contribution in [0.15, 0.2) is 12.1 Å². The third-order valence-electron chi connectivity index (χ3n) is 3.24. The number of nitrogens with zero attached hydrogens (tertiary/aromatic N) is 1. The zero-order valence-corrected chi connectivity index (χ0v) is 13.6. The number of fused-ring (bicyclic) bond motifs is 1. The third kappa shape index (κ3) is 2.80. The number of nitrogens with two attached hydrogens (primary N) is 1. The summed E-state index contributed by atoms with van der Waals surface area (Å²) in [5.74, 6) is 1.62. The van der Waals surface area contributed by atoms with Crippen LogP contribution in [0, 0.1) is 0 Å². The van der Waals surface area contributed by atoms with Crippen molar-refractivity contribution in [3.63, 3.8) is 0 Å². The van der Waals surface area contributed by atoms with Gasteiger partial charge >= 0.3 is 0 Å². The molecule has 0 aliphatic carbocycles. The largest absolute Gasteiger partial charge is 0.489 e. The summed E-state index contributed by atoms with van der Waals surface area (Å²) < 4.78 is 11.3. The van der Waals surface area contributed by atoms with Gasteiger partial charge in [0.15, 0.2) is 11.5 Å². The molecule has 112 valence electrons. The molecule has 0 unspecified atom stereocenters. The Hall–Kier alpha value is -1.46. The first-order chi connectivity index (χ1) is 10.1. The summed E-state index contributed by atoms with van der Waals surface area (Å²) in [6, 6.07) is 3.74. The van der Waals surface area contributed by atoms with Crippen LogP contribution in [0.2, 0.25) is 5.02 Å². The van der Waals surface area contributed by atoms with Gasteiger partial charge in [-0.05, 0) is 12.1 Å². The van der Waals surface area contributed by atoms with Crippen molar-refractivity contribution in [2.75, 3.05) is 18.9 Å². The van der Waals surface area contributed by atoms with Gasteiger partial charge in [0.25, 0.3) is 0 Å². The van der Waals surface area contributed by atoms with Crippen molar-refractivity contribution in [2.24, 2.45) is 0 Å². The first-order valence-corrected chi connectivity index (χ1v) is 8.11. The number of ether oxygens (including phenoxy) is 2. The lowest BCUT2D eigenvalue weighted by atomic mass is 10.1. The quantitative estimate of drug-likeness (QED) is 0.893. The molecule has 0 amide bonds. The highest BCUT2D eigenvalue weighted by molar-refractivity contribution is 7.16. The fourth-order valence-corrected chi connectivity index (χ4v) is 3.29. The second kappa shape index (κ2) is 5.73. The third-order valence-corrected chi connectivity index (χ3v) is 4.71. The summed E-state index contributed by atoms with van der Waals surface area (Å²) in [7, 11) is 0. The molecular weight excluding hydrogens is 308 g/mol. The Morgan fingerprint density at radius 3 is 2.76 bits per heavy atom. The predicted octanol–water partition coefficient (Wildman–Crippen LogP) is 4.33. The van der Waals surface area contributed by atoms with Crippen LogP contribution in [0.1, 0.15) is 31.2 Å². The fraction of sp³-hybridized carbons (Fsp3) is 0.400. The summed E-state index contributed by atoms with van der Waals surface area (Å²) in [5.41, 5.74) is 7.74. The Morgan fingerprint density at radius 1 is 1.29 bits per heavy atom. The molecule has 1 aliphatic rings. The van der Waals surface area contributed by atoms with Gasteiger partial charge in [0.1, 0.15) is 10.7 Å². The highest BCUT2D eigenvalue weighted by Crippen LogP contribution is 2.43. The van der Waals surface area contributed by atoms with Crippen molar-refractivity contribution in [2.45, 2.75) is 26.2 Å². The SMILES string of the molecule is CC(C)c1nc(-c2cc(Cl)c3c(c2)OCCCO3)c(N)s1. The molecular formula is C15H17ClN2O2S. The number of hydrogen-bond donors (Lipinski definition) is 1. The van der Waals surface area contributed by atoms with Crippen molar-refractivity contribution in [3.05, 3.63) is 22.2 Å². The fourth-order valence-electron chi connectivity index (χ4n) is 2.17. The summed E-state index contributed by atoms with van der Waals surface area (Å²) >= 11 is 7.84. The lowest BCUT2D eigenvalue weighted by Crippen LogP contribution is -1.97. The maximum Gasteiger partial charge on any atom is 0.179 e. The minimum atomic E-state index is 0.349. The second-order valence-electron chi connectivity index (χ2n) is 5.26. The summed E-state index contributed by atoms with van der Waals surface area (Å²) in [6.07, 6.45) is 0.844. The van der Waals surface area contributed by atoms with E-state index in [1.165, 1.54) is 11.3 Å². The number of thiazole rings is 1. The smallest absolute Gasteiger partial charge is 0.179 e. The zero-order chi connectivity index (χ0) is 15.0. The monoisotopic (exact) mass is 324 g/mol. The van der Waals surface area contributed by atoms with Gasteiger partial charge in [0.2, 0.25) is 0 Å². The second-order valence-corrected chi connectivity index (χ2v) is 6.72. The predicted molar refractivity (Wildman–Crippen MR) is 86.7 cm³/mol. The van der Waals surface area contributed by atoms with Crippen LogP contribution >= 0.6 is 22.9 Å². The van der Waals surface area contributed by atoms with E-state index in [1.54, 1.807) is 0 Å². The van der Waals surface area contributed by atoms with E-state index in [9.17, 15) is 0 Å². The van der Waals surface area contributed by atoms with E-state index in [0.29, 0.717) is 40.7 Å². The molecule has 2 aromatic rings. The van der Waals surface area contributed by atoms with Crippen LogP contribution in [0.5, 0.6) is 11.5 Å². The van der Waals surface area contributed by atoms with E-state index in [-0.39, 0.29) is 0 Å². The molecule has 1 aromatic heterocycles. The molecule has 1 aliphatic heterocycles. The van der Waals surface area contributed by atoms with Crippen molar-refractivity contribution in [3.8, 4) is 22.8 Å². The Balaban J connectivity index is 2.07. The van der Waals surface area contributed by atoms with Crippen LogP contribution in [-0.2, 0) is 0 Å². The Labute approximate surface area is 132 Å². The van der Waals surface area contributed by atoms with E-state index >= 15 is 0 Å². The van der Waals surface area contributed by atoms with Crippen LogP contribution in [0.4, 0.5) is 5.00 Å². The average molecular weight is 325 g/mol. The van der Waals surface area contributed by atoms with Gasteiger partial charge in [-0.1, -0.05) is 25.4 Å². The van der Waals surface area contributed by atoms with E-state index in [2.05, 4.69) is 18.8 Å². The topological polar surface area (TPSA) is 57.4 Å². The van der Waals surface area contributed by atoms with E-state index < -0.39 is 0 Å². The summed E-state index contributed by atoms with van der Waals surface area (Å²) in [5, 5.41) is 2.25. The maximum atomic E-state index is 6.32. The van der Waals surface area contributed by atoms with Crippen LogP contribution in [0.3, 0.4) is 0 Å². The van der Waals surface area contributed by atoms with Gasteiger partial charge in [-0.25, -0.2) is 4.98 Å². The lowest BCUT2D eigenvalue weighted by molar-refractivity contribution is 0.297. The molecule has 0 fully saturated rings. The van der Waals surface area contributed by atoms with Gasteiger partial charge in [0, 0.05) is 17.9 Å². The molecule has 0 bridgehead atoms. The Kier molecular flexibility index (Phi) is 3.95. The number of hydrogen-bond acceptors (Lipinski definition) is 5. The molecule has 0 spiro atoms. The van der Waals surface area contributed by atoms with Crippen molar-refractivity contribution in [1.29, 1.82) is 0 Å². The first kappa shape index (κ1) is 14.5. The van der Waals surface area contributed by atoms with E-state index in [4.69, 9.17) is 26.8 Å². The molecule has 1 aromatic carbocycles. The van der Waals surface area contributed by atoms with Gasteiger partial charge in [-0.15, -0.1) is 11.3 Å². The normalized spacial score (nSPS) is 14.3. The lowest BCUT2D eigenvalue weighted by Gasteiger charge is -2.11. The standard InChI is InChI=1S/C15H17ClN2O2S/c1-8(2)15-18-12(14(17)21-15)9-6-10(16)13-11(7-9)19-4-3-5-20-13/h6-8H,3-5,17H2,1-2H3. The minimum absolute atomic E-state index is 0.349. The number of benzene rings is 1. The van der Waals surface area contributed by atoms with Gasteiger partial charge < -0.3 is 15.2 Å². The molecule has 2 heterocycles. The minimum Gasteiger partial charge on any atom is -0.489 e. The molecule has 0 saturated carbocycles. The molecule has 0 atom stereocenters.